The van der Waals surface area contributed by atoms with Gasteiger partial charge in [-0.3, -0.25) is 0 Å². The third-order valence-corrected chi connectivity index (χ3v) is 2.34. The molecular weight excluding hydrogens is 181 g/mol. The minimum Gasteiger partial charge on any atom is -0.396 e. The number of aryl methyl sites for hydroxylation is 1. The number of benzene rings is 1. The van der Waals surface area contributed by atoms with Gasteiger partial charge in [-0.25, -0.2) is 4.39 Å². The van der Waals surface area contributed by atoms with E-state index in [-0.39, 0.29) is 12.4 Å². The maximum absolute atomic E-state index is 13.4. The van der Waals surface area contributed by atoms with Crippen molar-refractivity contribution in [3.63, 3.8) is 0 Å². The van der Waals surface area contributed by atoms with E-state index in [0.717, 1.165) is 12.0 Å². The zero-order chi connectivity index (χ0) is 10.6. The van der Waals surface area contributed by atoms with Gasteiger partial charge in [-0.15, -0.1) is 0 Å². The molecule has 0 spiro atoms. The van der Waals surface area contributed by atoms with E-state index in [1.165, 1.54) is 6.07 Å². The number of aliphatic hydroxyl groups excluding tert-OH is 1. The fraction of sp³-hybridized carbons (Fsp3) is 0.455. The van der Waals surface area contributed by atoms with Crippen LogP contribution in [0, 0.1) is 5.82 Å². The Morgan fingerprint density at radius 1 is 1.50 bits per heavy atom. The van der Waals surface area contributed by atoms with Crippen LogP contribution in [0.3, 0.4) is 0 Å². The van der Waals surface area contributed by atoms with E-state index >= 15 is 0 Å². The van der Waals surface area contributed by atoms with Gasteiger partial charge in [0.2, 0.25) is 0 Å². The summed E-state index contributed by atoms with van der Waals surface area (Å²) in [6.45, 7) is 1.95. The van der Waals surface area contributed by atoms with Gasteiger partial charge in [-0.05, 0) is 24.5 Å². The third-order valence-electron chi connectivity index (χ3n) is 2.34. The van der Waals surface area contributed by atoms with Crippen molar-refractivity contribution in [2.45, 2.75) is 25.8 Å². The van der Waals surface area contributed by atoms with Crippen molar-refractivity contribution >= 4 is 0 Å². The van der Waals surface area contributed by atoms with E-state index in [1.54, 1.807) is 6.07 Å². The Hall–Kier alpha value is -0.930. The molecule has 0 radical (unpaired) electrons. The molecule has 0 unspecified atom stereocenters. The molecule has 1 aromatic carbocycles. The van der Waals surface area contributed by atoms with E-state index in [0.29, 0.717) is 12.0 Å². The van der Waals surface area contributed by atoms with Crippen LogP contribution in [-0.2, 0) is 6.42 Å². The second kappa shape index (κ2) is 5.08. The van der Waals surface area contributed by atoms with Gasteiger partial charge >= 0.3 is 0 Å². The topological polar surface area (TPSA) is 46.2 Å². The highest BCUT2D eigenvalue weighted by molar-refractivity contribution is 5.31. The highest BCUT2D eigenvalue weighted by Crippen LogP contribution is 2.22. The molecule has 1 rings (SSSR count). The average molecular weight is 197 g/mol. The molecule has 3 heteroatoms. The lowest BCUT2D eigenvalue weighted by Gasteiger charge is -2.15. The molecule has 0 saturated heterocycles. The first kappa shape index (κ1) is 11.1. The van der Waals surface area contributed by atoms with Crippen LogP contribution in [0.15, 0.2) is 18.2 Å². The molecule has 0 heterocycles. The average Bonchev–Trinajstić information content (AvgIpc) is 2.17. The lowest BCUT2D eigenvalue weighted by molar-refractivity contribution is 0.275. The molecule has 14 heavy (non-hydrogen) atoms. The van der Waals surface area contributed by atoms with Crippen molar-refractivity contribution in [3.05, 3.63) is 35.1 Å². The number of halogens is 1. The van der Waals surface area contributed by atoms with Gasteiger partial charge in [0, 0.05) is 18.2 Å². The predicted octanol–water partition coefficient (Wildman–Crippen LogP) is 1.77. The lowest BCUT2D eigenvalue weighted by atomic mass is 9.97. The highest BCUT2D eigenvalue weighted by atomic mass is 19.1. The number of hydrogen-bond donors (Lipinski definition) is 2. The Morgan fingerprint density at radius 2 is 2.21 bits per heavy atom. The molecule has 1 atom stereocenters. The highest BCUT2D eigenvalue weighted by Gasteiger charge is 2.14. The summed E-state index contributed by atoms with van der Waals surface area (Å²) in [6.07, 6.45) is 1.15. The SMILES string of the molecule is CCc1cccc(F)c1[C@@H](N)CCO. The Balaban J connectivity index is 3.03. The Morgan fingerprint density at radius 3 is 2.79 bits per heavy atom. The van der Waals surface area contributed by atoms with E-state index in [2.05, 4.69) is 0 Å². The maximum Gasteiger partial charge on any atom is 0.128 e. The molecule has 0 fully saturated rings. The predicted molar refractivity (Wildman–Crippen MR) is 54.4 cm³/mol. The summed E-state index contributed by atoms with van der Waals surface area (Å²) in [4.78, 5) is 0. The van der Waals surface area contributed by atoms with Crippen molar-refractivity contribution in [1.29, 1.82) is 0 Å². The zero-order valence-corrected chi connectivity index (χ0v) is 8.33. The van der Waals surface area contributed by atoms with Crippen LogP contribution in [0.5, 0.6) is 0 Å². The van der Waals surface area contributed by atoms with Gasteiger partial charge in [0.15, 0.2) is 0 Å². The van der Waals surface area contributed by atoms with Crippen LogP contribution in [0.4, 0.5) is 4.39 Å². The van der Waals surface area contributed by atoms with Gasteiger partial charge in [0.05, 0.1) is 0 Å². The second-order valence-electron chi connectivity index (χ2n) is 3.28. The molecular formula is C11H16FNO. The number of hydrogen-bond acceptors (Lipinski definition) is 2. The van der Waals surface area contributed by atoms with Crippen molar-refractivity contribution in [3.8, 4) is 0 Å². The second-order valence-corrected chi connectivity index (χ2v) is 3.28. The molecule has 3 N–H and O–H groups in total. The fourth-order valence-electron chi connectivity index (χ4n) is 1.59. The Bertz CT molecular complexity index is 301. The number of nitrogens with two attached hydrogens (primary N) is 1. The van der Waals surface area contributed by atoms with Gasteiger partial charge < -0.3 is 10.8 Å². The Labute approximate surface area is 83.6 Å². The van der Waals surface area contributed by atoms with Crippen LogP contribution in [0.25, 0.3) is 0 Å². The van der Waals surface area contributed by atoms with Crippen LogP contribution in [0.1, 0.15) is 30.5 Å². The minimum atomic E-state index is -0.406. The molecule has 78 valence electrons. The molecule has 0 bridgehead atoms. The molecule has 2 nitrogen and oxygen atoms in total. The largest absolute Gasteiger partial charge is 0.396 e. The Kier molecular flexibility index (Phi) is 4.04. The summed E-state index contributed by atoms with van der Waals surface area (Å²) in [5.41, 5.74) is 7.25. The number of aliphatic hydroxyl groups is 1. The molecule has 0 aliphatic heterocycles. The molecule has 0 saturated carbocycles. The number of rotatable bonds is 4. The van der Waals surface area contributed by atoms with E-state index in [4.69, 9.17) is 10.8 Å². The van der Waals surface area contributed by atoms with E-state index in [9.17, 15) is 4.39 Å². The van der Waals surface area contributed by atoms with Crippen LogP contribution in [0.2, 0.25) is 0 Å². The summed E-state index contributed by atoms with van der Waals surface area (Å²) in [6, 6.07) is 4.56. The van der Waals surface area contributed by atoms with Crippen LogP contribution >= 0.6 is 0 Å². The van der Waals surface area contributed by atoms with Crippen LogP contribution < -0.4 is 5.73 Å². The normalized spacial score (nSPS) is 12.9. The zero-order valence-electron chi connectivity index (χ0n) is 8.33. The van der Waals surface area contributed by atoms with E-state index in [1.807, 2.05) is 13.0 Å². The maximum atomic E-state index is 13.4. The van der Waals surface area contributed by atoms with Gasteiger partial charge in [-0.2, -0.15) is 0 Å². The third kappa shape index (κ3) is 2.30. The van der Waals surface area contributed by atoms with Crippen molar-refractivity contribution in [2.75, 3.05) is 6.61 Å². The molecule has 0 aromatic heterocycles. The summed E-state index contributed by atoms with van der Waals surface area (Å²) in [5.74, 6) is -0.273. The summed E-state index contributed by atoms with van der Waals surface area (Å²) in [7, 11) is 0. The van der Waals surface area contributed by atoms with E-state index < -0.39 is 6.04 Å². The standard InChI is InChI=1S/C11H16FNO/c1-2-8-4-3-5-9(12)11(8)10(13)6-7-14/h3-5,10,14H,2,6-7,13H2,1H3/t10-/m0/s1. The quantitative estimate of drug-likeness (QED) is 0.772. The molecule has 1 aromatic rings. The summed E-state index contributed by atoms with van der Waals surface area (Å²) < 4.78 is 13.4. The molecule has 0 amide bonds. The van der Waals surface area contributed by atoms with Crippen LogP contribution in [-0.4, -0.2) is 11.7 Å². The monoisotopic (exact) mass is 197 g/mol. The molecule has 0 aliphatic carbocycles. The summed E-state index contributed by atoms with van der Waals surface area (Å²) in [5, 5.41) is 8.75. The van der Waals surface area contributed by atoms with Gasteiger partial charge in [-0.1, -0.05) is 19.1 Å². The van der Waals surface area contributed by atoms with Gasteiger partial charge in [0.1, 0.15) is 5.82 Å². The first-order chi connectivity index (χ1) is 6.70. The first-order valence-corrected chi connectivity index (χ1v) is 4.84. The lowest BCUT2D eigenvalue weighted by Crippen LogP contribution is -2.15. The smallest absolute Gasteiger partial charge is 0.128 e. The minimum absolute atomic E-state index is 0.0152. The van der Waals surface area contributed by atoms with Gasteiger partial charge in [0.25, 0.3) is 0 Å². The van der Waals surface area contributed by atoms with Crippen molar-refractivity contribution in [1.82, 2.24) is 0 Å². The van der Waals surface area contributed by atoms with Crippen molar-refractivity contribution in [2.24, 2.45) is 5.73 Å². The molecule has 0 aliphatic rings. The summed E-state index contributed by atoms with van der Waals surface area (Å²) >= 11 is 0. The fourth-order valence-corrected chi connectivity index (χ4v) is 1.59. The first-order valence-electron chi connectivity index (χ1n) is 4.84. The van der Waals surface area contributed by atoms with Crippen molar-refractivity contribution < 1.29 is 9.50 Å².